The molecule has 1 nitrogen and oxygen atoms in total. The van der Waals surface area contributed by atoms with E-state index in [0.29, 0.717) is 10.0 Å². The Balaban J connectivity index is 1.97. The smallest absolute Gasteiger partial charge is 0.142 e. The molecule has 1 heterocycles. The van der Waals surface area contributed by atoms with Crippen LogP contribution in [0.15, 0.2) is 28.7 Å². The van der Waals surface area contributed by atoms with E-state index in [1.54, 1.807) is 23.5 Å². The molecule has 1 aromatic carbocycles. The first kappa shape index (κ1) is 13.3. The van der Waals surface area contributed by atoms with E-state index in [-0.39, 0.29) is 11.9 Å². The lowest BCUT2D eigenvalue weighted by Crippen LogP contribution is -2.12. The predicted molar refractivity (Wildman–Crippen MR) is 81.1 cm³/mol. The van der Waals surface area contributed by atoms with Gasteiger partial charge in [-0.1, -0.05) is 12.1 Å². The molecule has 1 atom stereocenters. The molecule has 0 saturated carbocycles. The van der Waals surface area contributed by atoms with Gasteiger partial charge in [0.25, 0.3) is 0 Å². The number of fused-ring (bicyclic) bond motifs is 1. The van der Waals surface area contributed by atoms with Crippen molar-refractivity contribution >= 4 is 27.3 Å². The summed E-state index contributed by atoms with van der Waals surface area (Å²) in [6, 6.07) is 7.10. The average Bonchev–Trinajstić information content (AvgIpc) is 2.85. The molecular weight excluding hydrogens is 325 g/mol. The summed E-state index contributed by atoms with van der Waals surface area (Å²) in [6.45, 7) is 0. The Morgan fingerprint density at radius 3 is 2.84 bits per heavy atom. The number of benzene rings is 1. The molecular formula is C15H15BrFNS. The highest BCUT2D eigenvalue weighted by Gasteiger charge is 2.20. The van der Waals surface area contributed by atoms with Crippen molar-refractivity contribution in [3.05, 3.63) is 55.4 Å². The highest BCUT2D eigenvalue weighted by atomic mass is 79.9. The number of halogens is 2. The van der Waals surface area contributed by atoms with Gasteiger partial charge >= 0.3 is 0 Å². The number of thiophene rings is 1. The summed E-state index contributed by atoms with van der Waals surface area (Å²) in [5.41, 5.74) is 8.22. The van der Waals surface area contributed by atoms with Gasteiger partial charge in [0.05, 0.1) is 10.5 Å². The molecule has 0 radical (unpaired) electrons. The van der Waals surface area contributed by atoms with Gasteiger partial charge in [0.15, 0.2) is 0 Å². The summed E-state index contributed by atoms with van der Waals surface area (Å²) in [4.78, 5) is 2.51. The zero-order chi connectivity index (χ0) is 13.4. The molecule has 1 aliphatic rings. The van der Waals surface area contributed by atoms with Crippen molar-refractivity contribution < 1.29 is 4.39 Å². The zero-order valence-corrected chi connectivity index (χ0v) is 12.9. The van der Waals surface area contributed by atoms with Crippen molar-refractivity contribution in [2.24, 2.45) is 5.73 Å². The monoisotopic (exact) mass is 339 g/mol. The van der Waals surface area contributed by atoms with E-state index in [4.69, 9.17) is 5.73 Å². The van der Waals surface area contributed by atoms with Gasteiger partial charge in [-0.15, -0.1) is 11.3 Å². The largest absolute Gasteiger partial charge is 0.320 e. The lowest BCUT2D eigenvalue weighted by atomic mass is 9.98. The minimum atomic E-state index is -0.368. The molecule has 2 aromatic rings. The Morgan fingerprint density at radius 2 is 2.05 bits per heavy atom. The zero-order valence-electron chi connectivity index (χ0n) is 10.5. The molecule has 0 bridgehead atoms. The van der Waals surface area contributed by atoms with Gasteiger partial charge < -0.3 is 5.73 Å². The van der Waals surface area contributed by atoms with Gasteiger partial charge in [-0.25, -0.2) is 4.39 Å². The quantitative estimate of drug-likeness (QED) is 0.851. The van der Waals surface area contributed by atoms with Crippen LogP contribution in [-0.4, -0.2) is 0 Å². The van der Waals surface area contributed by atoms with Gasteiger partial charge in [-0.05, 0) is 59.3 Å². The molecule has 0 amide bonds. The van der Waals surface area contributed by atoms with Gasteiger partial charge in [0.1, 0.15) is 5.82 Å². The Kier molecular flexibility index (Phi) is 3.74. The molecule has 0 saturated heterocycles. The van der Waals surface area contributed by atoms with Crippen molar-refractivity contribution in [2.45, 2.75) is 31.7 Å². The van der Waals surface area contributed by atoms with Crippen molar-refractivity contribution in [2.75, 3.05) is 0 Å². The molecule has 1 aliphatic carbocycles. The van der Waals surface area contributed by atoms with E-state index >= 15 is 0 Å². The van der Waals surface area contributed by atoms with Gasteiger partial charge in [-0.3, -0.25) is 0 Å². The number of nitrogens with two attached hydrogens (primary N) is 1. The first-order chi connectivity index (χ1) is 9.16. The predicted octanol–water partition coefficient (Wildman–Crippen LogP) is 4.58. The fourth-order valence-corrected chi connectivity index (χ4v) is 4.24. The molecule has 19 heavy (non-hydrogen) atoms. The highest BCUT2D eigenvalue weighted by molar-refractivity contribution is 9.10. The SMILES string of the molecule is NC(c1cc2c(s1)CCCC2)c1cccc(Br)c1F. The molecule has 4 heteroatoms. The van der Waals surface area contributed by atoms with Crippen LogP contribution in [0.25, 0.3) is 0 Å². The maximum atomic E-state index is 14.1. The molecule has 2 N–H and O–H groups in total. The van der Waals surface area contributed by atoms with Crippen molar-refractivity contribution in [1.82, 2.24) is 0 Å². The second-order valence-corrected chi connectivity index (χ2v) is 6.95. The van der Waals surface area contributed by atoms with E-state index in [1.807, 2.05) is 6.07 Å². The summed E-state index contributed by atoms with van der Waals surface area (Å²) in [5, 5.41) is 0. The lowest BCUT2D eigenvalue weighted by Gasteiger charge is -2.11. The third kappa shape index (κ3) is 2.49. The number of aryl methyl sites for hydroxylation is 2. The molecule has 0 fully saturated rings. The minimum absolute atomic E-state index is 0.249. The van der Waals surface area contributed by atoms with Crippen LogP contribution in [0, 0.1) is 5.82 Å². The lowest BCUT2D eigenvalue weighted by molar-refractivity contribution is 0.594. The van der Waals surface area contributed by atoms with Crippen molar-refractivity contribution in [1.29, 1.82) is 0 Å². The van der Waals surface area contributed by atoms with Gasteiger partial charge in [-0.2, -0.15) is 0 Å². The number of hydrogen-bond acceptors (Lipinski definition) is 2. The molecule has 1 aromatic heterocycles. The first-order valence-corrected chi connectivity index (χ1v) is 8.08. The maximum Gasteiger partial charge on any atom is 0.142 e. The summed E-state index contributed by atoms with van der Waals surface area (Å²) in [6.07, 6.45) is 4.80. The van der Waals surface area contributed by atoms with Crippen LogP contribution in [-0.2, 0) is 12.8 Å². The van der Waals surface area contributed by atoms with E-state index < -0.39 is 0 Å². The van der Waals surface area contributed by atoms with Crippen LogP contribution in [0.2, 0.25) is 0 Å². The number of rotatable bonds is 2. The molecule has 1 unspecified atom stereocenters. The fourth-order valence-electron chi connectivity index (χ4n) is 2.58. The highest BCUT2D eigenvalue weighted by Crippen LogP contribution is 2.35. The summed E-state index contributed by atoms with van der Waals surface area (Å²) in [5.74, 6) is -0.249. The molecule has 3 rings (SSSR count). The van der Waals surface area contributed by atoms with Crippen molar-refractivity contribution in [3.8, 4) is 0 Å². The van der Waals surface area contributed by atoms with Gasteiger partial charge in [0, 0.05) is 15.3 Å². The Morgan fingerprint density at radius 1 is 1.26 bits per heavy atom. The summed E-state index contributed by atoms with van der Waals surface area (Å²) >= 11 is 4.96. The van der Waals surface area contributed by atoms with Crippen LogP contribution < -0.4 is 5.73 Å². The summed E-state index contributed by atoms with van der Waals surface area (Å²) in [7, 11) is 0. The Bertz CT molecular complexity index is 585. The van der Waals surface area contributed by atoms with E-state index in [0.717, 1.165) is 17.7 Å². The average molecular weight is 340 g/mol. The van der Waals surface area contributed by atoms with Crippen LogP contribution in [0.3, 0.4) is 0 Å². The van der Waals surface area contributed by atoms with E-state index in [1.165, 1.54) is 23.3 Å². The maximum absolute atomic E-state index is 14.1. The normalized spacial score (nSPS) is 16.2. The van der Waals surface area contributed by atoms with Gasteiger partial charge in [0.2, 0.25) is 0 Å². The molecule has 0 aliphatic heterocycles. The van der Waals surface area contributed by atoms with Crippen LogP contribution in [0.5, 0.6) is 0 Å². The van der Waals surface area contributed by atoms with Crippen molar-refractivity contribution in [3.63, 3.8) is 0 Å². The molecule has 0 spiro atoms. The van der Waals surface area contributed by atoms with Crippen LogP contribution in [0.1, 0.15) is 39.8 Å². The Hall–Kier alpha value is -0.710. The topological polar surface area (TPSA) is 26.0 Å². The van der Waals surface area contributed by atoms with E-state index in [2.05, 4.69) is 22.0 Å². The second kappa shape index (κ2) is 5.35. The first-order valence-electron chi connectivity index (χ1n) is 6.48. The summed E-state index contributed by atoms with van der Waals surface area (Å²) < 4.78 is 14.6. The third-order valence-electron chi connectivity index (χ3n) is 3.64. The fraction of sp³-hybridized carbons (Fsp3) is 0.333. The van der Waals surface area contributed by atoms with Crippen LogP contribution in [0.4, 0.5) is 4.39 Å². The Labute approximate surface area is 124 Å². The number of hydrogen-bond donors (Lipinski definition) is 1. The minimum Gasteiger partial charge on any atom is -0.320 e. The third-order valence-corrected chi connectivity index (χ3v) is 5.57. The molecule has 100 valence electrons. The standard InChI is InChI=1S/C15H15BrFNS/c16-11-6-3-5-10(14(11)17)15(18)13-8-9-4-1-2-7-12(9)19-13/h3,5-6,8,15H,1-2,4,7,18H2. The van der Waals surface area contributed by atoms with E-state index in [9.17, 15) is 4.39 Å². The second-order valence-electron chi connectivity index (χ2n) is 4.93. The van der Waals surface area contributed by atoms with Crippen LogP contribution >= 0.6 is 27.3 Å².